The van der Waals surface area contributed by atoms with Crippen molar-refractivity contribution in [3.63, 3.8) is 0 Å². The molecule has 0 bridgehead atoms. The molecule has 0 unspecified atom stereocenters. The second-order valence-electron chi connectivity index (χ2n) is 2.51. The molecule has 0 amide bonds. The molecule has 0 aromatic carbocycles. The first-order chi connectivity index (χ1) is 5.16. The number of allylic oxidation sites excluding steroid dienone is 1. The molecule has 0 saturated heterocycles. The van der Waals surface area contributed by atoms with Gasteiger partial charge in [-0.25, -0.2) is 0 Å². The van der Waals surface area contributed by atoms with E-state index in [0.29, 0.717) is 6.54 Å². The zero-order valence-corrected chi connectivity index (χ0v) is 7.24. The molecular formula is C8H14N2O. The van der Waals surface area contributed by atoms with E-state index in [4.69, 9.17) is 0 Å². The van der Waals surface area contributed by atoms with Crippen molar-refractivity contribution in [2.45, 2.75) is 6.92 Å². The topological polar surface area (TPSA) is 32.7 Å². The smallest absolute Gasteiger partial charge is 0.145 e. The van der Waals surface area contributed by atoms with Crippen LogP contribution in [0.1, 0.15) is 6.92 Å². The Morgan fingerprint density at radius 3 is 2.64 bits per heavy atom. The summed E-state index contributed by atoms with van der Waals surface area (Å²) in [4.78, 5) is 16.0. The number of carbonyl (C=O) groups excluding carboxylic acids is 1. The highest BCUT2D eigenvalue weighted by molar-refractivity contribution is 5.72. The average Bonchev–Trinajstić information content (AvgIpc) is 1.97. The van der Waals surface area contributed by atoms with Gasteiger partial charge in [0.05, 0.1) is 12.9 Å². The minimum absolute atomic E-state index is 0.572. The summed E-state index contributed by atoms with van der Waals surface area (Å²) < 4.78 is 0. The van der Waals surface area contributed by atoms with E-state index in [1.165, 1.54) is 0 Å². The molecule has 0 fully saturated rings. The fourth-order valence-corrected chi connectivity index (χ4v) is 0.455. The molecule has 0 aliphatic rings. The molecule has 0 aromatic heterocycles. The van der Waals surface area contributed by atoms with Crippen LogP contribution in [0.3, 0.4) is 0 Å². The molecule has 11 heavy (non-hydrogen) atoms. The highest BCUT2D eigenvalue weighted by Gasteiger charge is 1.81. The first kappa shape index (κ1) is 9.88. The van der Waals surface area contributed by atoms with E-state index < -0.39 is 0 Å². The number of aldehydes is 1. The van der Waals surface area contributed by atoms with Gasteiger partial charge in [0.1, 0.15) is 6.29 Å². The van der Waals surface area contributed by atoms with Crippen LogP contribution in [0.2, 0.25) is 0 Å². The summed E-state index contributed by atoms with van der Waals surface area (Å²) in [5.41, 5.74) is 0.723. The molecule has 3 nitrogen and oxygen atoms in total. The fourth-order valence-electron chi connectivity index (χ4n) is 0.455. The summed E-state index contributed by atoms with van der Waals surface area (Å²) in [7, 11) is 3.81. The van der Waals surface area contributed by atoms with E-state index in [2.05, 4.69) is 4.99 Å². The SMILES string of the molecule is C/C(C=O)=C\C/N=C\N(C)C. The lowest BCUT2D eigenvalue weighted by Crippen LogP contribution is -2.07. The Bertz CT molecular complexity index is 171. The van der Waals surface area contributed by atoms with Gasteiger partial charge in [-0.05, 0) is 12.5 Å². The van der Waals surface area contributed by atoms with Gasteiger partial charge in [0, 0.05) is 14.1 Å². The molecule has 0 heterocycles. The van der Waals surface area contributed by atoms with Crippen molar-refractivity contribution in [1.29, 1.82) is 0 Å². The van der Waals surface area contributed by atoms with E-state index in [1.54, 1.807) is 19.3 Å². The highest BCUT2D eigenvalue weighted by Crippen LogP contribution is 1.85. The van der Waals surface area contributed by atoms with Gasteiger partial charge in [-0.1, -0.05) is 6.08 Å². The Balaban J connectivity index is 3.63. The largest absolute Gasteiger partial charge is 0.369 e. The quantitative estimate of drug-likeness (QED) is 0.259. The standard InChI is InChI=1S/C8H14N2O/c1-8(6-11)4-5-9-7-10(2)3/h4,6-7H,5H2,1-3H3/b8-4+,9-7-. The molecule has 0 rings (SSSR count). The molecule has 3 heteroatoms. The first-order valence-electron chi connectivity index (χ1n) is 3.45. The first-order valence-corrected chi connectivity index (χ1v) is 3.45. The maximum absolute atomic E-state index is 10.1. The monoisotopic (exact) mass is 154 g/mol. The van der Waals surface area contributed by atoms with E-state index in [0.717, 1.165) is 11.9 Å². The lowest BCUT2D eigenvalue weighted by atomic mass is 10.3. The lowest BCUT2D eigenvalue weighted by Gasteiger charge is -2.00. The molecule has 0 aromatic rings. The van der Waals surface area contributed by atoms with Gasteiger partial charge >= 0.3 is 0 Å². The number of hydrogen-bond donors (Lipinski definition) is 0. The van der Waals surface area contributed by atoms with Crippen LogP contribution >= 0.6 is 0 Å². The molecule has 0 spiro atoms. The predicted molar refractivity (Wildman–Crippen MR) is 46.9 cm³/mol. The Labute approximate surface area is 67.4 Å². The van der Waals surface area contributed by atoms with Crippen LogP contribution in [0.4, 0.5) is 0 Å². The van der Waals surface area contributed by atoms with Crippen molar-refractivity contribution < 1.29 is 4.79 Å². The fraction of sp³-hybridized carbons (Fsp3) is 0.500. The molecule has 0 aliphatic heterocycles. The van der Waals surface area contributed by atoms with E-state index >= 15 is 0 Å². The molecule has 0 saturated carbocycles. The Hall–Kier alpha value is -1.12. The zero-order valence-electron chi connectivity index (χ0n) is 7.24. The van der Waals surface area contributed by atoms with Crippen molar-refractivity contribution >= 4 is 12.6 Å². The molecule has 62 valence electrons. The van der Waals surface area contributed by atoms with Gasteiger partial charge in [-0.2, -0.15) is 0 Å². The van der Waals surface area contributed by atoms with E-state index in [-0.39, 0.29) is 0 Å². The highest BCUT2D eigenvalue weighted by atomic mass is 16.1. The summed E-state index contributed by atoms with van der Waals surface area (Å²) in [6.07, 6.45) is 4.33. The van der Waals surface area contributed by atoms with Crippen LogP contribution in [0, 0.1) is 0 Å². The van der Waals surface area contributed by atoms with Crippen LogP contribution in [0.25, 0.3) is 0 Å². The summed E-state index contributed by atoms with van der Waals surface area (Å²) >= 11 is 0. The predicted octanol–water partition coefficient (Wildman–Crippen LogP) is 0.722. The van der Waals surface area contributed by atoms with Crippen LogP contribution in [0.5, 0.6) is 0 Å². The third-order valence-electron chi connectivity index (χ3n) is 1.02. The summed E-state index contributed by atoms with van der Waals surface area (Å²) in [6, 6.07) is 0. The van der Waals surface area contributed by atoms with Crippen molar-refractivity contribution in [3.05, 3.63) is 11.6 Å². The van der Waals surface area contributed by atoms with Gasteiger partial charge < -0.3 is 4.90 Å². The summed E-state index contributed by atoms with van der Waals surface area (Å²) in [5.74, 6) is 0. The molecule has 0 radical (unpaired) electrons. The number of hydrogen-bond acceptors (Lipinski definition) is 2. The van der Waals surface area contributed by atoms with E-state index in [1.807, 2.05) is 19.0 Å². The Morgan fingerprint density at radius 2 is 2.18 bits per heavy atom. The van der Waals surface area contributed by atoms with E-state index in [9.17, 15) is 4.79 Å². The van der Waals surface area contributed by atoms with Gasteiger partial charge in [-0.3, -0.25) is 9.79 Å². The van der Waals surface area contributed by atoms with Crippen molar-refractivity contribution in [2.24, 2.45) is 4.99 Å². The molecule has 0 N–H and O–H groups in total. The van der Waals surface area contributed by atoms with Crippen molar-refractivity contribution in [3.8, 4) is 0 Å². The number of aliphatic imine (C=N–C) groups is 1. The Kier molecular flexibility index (Phi) is 5.07. The lowest BCUT2D eigenvalue weighted by molar-refractivity contribution is -0.104. The normalized spacial score (nSPS) is 12.1. The molecule has 0 atom stereocenters. The van der Waals surface area contributed by atoms with Crippen LogP contribution in [0.15, 0.2) is 16.6 Å². The maximum Gasteiger partial charge on any atom is 0.145 e. The maximum atomic E-state index is 10.1. The number of carbonyl (C=O) groups is 1. The van der Waals surface area contributed by atoms with Gasteiger partial charge in [-0.15, -0.1) is 0 Å². The second kappa shape index (κ2) is 5.65. The molecular weight excluding hydrogens is 140 g/mol. The van der Waals surface area contributed by atoms with Crippen LogP contribution in [-0.4, -0.2) is 38.2 Å². The van der Waals surface area contributed by atoms with Crippen molar-refractivity contribution in [2.75, 3.05) is 20.6 Å². The van der Waals surface area contributed by atoms with Crippen molar-refractivity contribution in [1.82, 2.24) is 4.90 Å². The average molecular weight is 154 g/mol. The Morgan fingerprint density at radius 1 is 1.55 bits per heavy atom. The minimum Gasteiger partial charge on any atom is -0.369 e. The van der Waals surface area contributed by atoms with Gasteiger partial charge in [0.15, 0.2) is 0 Å². The van der Waals surface area contributed by atoms with Crippen LogP contribution in [-0.2, 0) is 4.79 Å². The van der Waals surface area contributed by atoms with Crippen LogP contribution < -0.4 is 0 Å². The zero-order chi connectivity index (χ0) is 8.69. The minimum atomic E-state index is 0.572. The van der Waals surface area contributed by atoms with Gasteiger partial charge in [0.25, 0.3) is 0 Å². The molecule has 0 aliphatic carbocycles. The van der Waals surface area contributed by atoms with Gasteiger partial charge in [0.2, 0.25) is 0 Å². The summed E-state index contributed by atoms with van der Waals surface area (Å²) in [5, 5.41) is 0. The number of rotatable bonds is 4. The number of nitrogens with zero attached hydrogens (tertiary/aromatic N) is 2. The second-order valence-corrected chi connectivity index (χ2v) is 2.51. The summed E-state index contributed by atoms with van der Waals surface area (Å²) in [6.45, 7) is 2.33. The third kappa shape index (κ3) is 6.77. The third-order valence-corrected chi connectivity index (χ3v) is 1.02.